The molecule has 0 spiro atoms. The minimum absolute atomic E-state index is 0.0255. The lowest BCUT2D eigenvalue weighted by Gasteiger charge is -2.22. The summed E-state index contributed by atoms with van der Waals surface area (Å²) < 4.78 is 0. The molecule has 0 N–H and O–H groups in total. The maximum absolute atomic E-state index is 12.7. The summed E-state index contributed by atoms with van der Waals surface area (Å²) in [5.74, 6) is -0.0255. The van der Waals surface area contributed by atoms with Gasteiger partial charge >= 0.3 is 0 Å². The van der Waals surface area contributed by atoms with E-state index >= 15 is 0 Å². The van der Waals surface area contributed by atoms with Gasteiger partial charge < -0.3 is 9.80 Å². The Kier molecular flexibility index (Phi) is 6.15. The molecule has 2 aromatic rings. The van der Waals surface area contributed by atoms with Crippen LogP contribution >= 0.6 is 0 Å². The molecule has 0 saturated carbocycles. The Labute approximate surface area is 138 Å². The molecule has 0 bridgehead atoms. The van der Waals surface area contributed by atoms with Gasteiger partial charge in [-0.2, -0.15) is 0 Å². The van der Waals surface area contributed by atoms with Crippen LogP contribution in [0.2, 0.25) is 0 Å². The van der Waals surface area contributed by atoms with Gasteiger partial charge in [0.1, 0.15) is 5.69 Å². The van der Waals surface area contributed by atoms with Gasteiger partial charge in [0.15, 0.2) is 0 Å². The van der Waals surface area contributed by atoms with E-state index in [0.29, 0.717) is 18.8 Å². The lowest BCUT2D eigenvalue weighted by atomic mass is 10.2. The van der Waals surface area contributed by atoms with Crippen molar-refractivity contribution in [2.75, 3.05) is 24.5 Å². The highest BCUT2D eigenvalue weighted by atomic mass is 16.2. The first-order valence-electron chi connectivity index (χ1n) is 8.23. The third-order valence-corrected chi connectivity index (χ3v) is 3.98. The maximum Gasteiger partial charge on any atom is 0.272 e. The van der Waals surface area contributed by atoms with E-state index in [1.54, 1.807) is 6.20 Å². The summed E-state index contributed by atoms with van der Waals surface area (Å²) >= 11 is 0. The zero-order chi connectivity index (χ0) is 16.7. The fraction of sp³-hybridized carbons (Fsp3) is 0.368. The van der Waals surface area contributed by atoms with Crippen molar-refractivity contribution in [3.63, 3.8) is 0 Å². The summed E-state index contributed by atoms with van der Waals surface area (Å²) in [5, 5.41) is 0. The molecule has 0 atom stereocenters. The van der Waals surface area contributed by atoms with E-state index < -0.39 is 0 Å². The van der Waals surface area contributed by atoms with E-state index in [-0.39, 0.29) is 5.91 Å². The Bertz CT molecular complexity index is 606. The third-order valence-electron chi connectivity index (χ3n) is 3.98. The Hall–Kier alpha value is -2.36. The molecule has 0 fully saturated rings. The molecule has 2 rings (SSSR count). The fourth-order valence-electron chi connectivity index (χ4n) is 2.58. The smallest absolute Gasteiger partial charge is 0.272 e. The standard InChI is InChI=1S/C19H25N3O/c1-4-21(5-2)17-12-13-18(20-14-17)19(23)22(6-3)15-16-10-8-7-9-11-16/h7-14H,4-6,15H2,1-3H3. The molecule has 23 heavy (non-hydrogen) atoms. The highest BCUT2D eigenvalue weighted by molar-refractivity contribution is 5.92. The second-order valence-corrected chi connectivity index (χ2v) is 5.38. The predicted octanol–water partition coefficient (Wildman–Crippen LogP) is 3.59. The molecule has 0 aliphatic rings. The molecule has 1 heterocycles. The van der Waals surface area contributed by atoms with Crippen molar-refractivity contribution < 1.29 is 4.79 Å². The van der Waals surface area contributed by atoms with Gasteiger partial charge in [0, 0.05) is 26.2 Å². The van der Waals surface area contributed by atoms with Gasteiger partial charge in [0.25, 0.3) is 5.91 Å². The molecule has 122 valence electrons. The number of benzene rings is 1. The molecule has 0 aliphatic carbocycles. The van der Waals surface area contributed by atoms with Crippen molar-refractivity contribution in [3.8, 4) is 0 Å². The van der Waals surface area contributed by atoms with Crippen molar-refractivity contribution in [1.29, 1.82) is 0 Å². The Morgan fingerprint density at radius 2 is 1.65 bits per heavy atom. The number of aromatic nitrogens is 1. The Balaban J connectivity index is 2.11. The number of hydrogen-bond acceptors (Lipinski definition) is 3. The number of pyridine rings is 1. The minimum Gasteiger partial charge on any atom is -0.371 e. The van der Waals surface area contributed by atoms with Crippen LogP contribution in [0.15, 0.2) is 48.7 Å². The second-order valence-electron chi connectivity index (χ2n) is 5.38. The van der Waals surface area contributed by atoms with Gasteiger partial charge in [-0.05, 0) is 38.5 Å². The molecule has 0 aliphatic heterocycles. The van der Waals surface area contributed by atoms with E-state index in [4.69, 9.17) is 0 Å². The van der Waals surface area contributed by atoms with Crippen LogP contribution < -0.4 is 4.90 Å². The second kappa shape index (κ2) is 8.32. The van der Waals surface area contributed by atoms with Crippen LogP contribution in [0.4, 0.5) is 5.69 Å². The number of amides is 1. The first-order chi connectivity index (χ1) is 11.2. The summed E-state index contributed by atoms with van der Waals surface area (Å²) in [6.45, 7) is 9.34. The van der Waals surface area contributed by atoms with Crippen LogP contribution in [-0.2, 0) is 6.54 Å². The Morgan fingerprint density at radius 1 is 0.957 bits per heavy atom. The maximum atomic E-state index is 12.7. The molecule has 4 heteroatoms. The van der Waals surface area contributed by atoms with Gasteiger partial charge in [-0.15, -0.1) is 0 Å². The van der Waals surface area contributed by atoms with E-state index in [1.165, 1.54) is 0 Å². The summed E-state index contributed by atoms with van der Waals surface area (Å²) in [6, 6.07) is 13.8. The van der Waals surface area contributed by atoms with Crippen LogP contribution in [0, 0.1) is 0 Å². The van der Waals surface area contributed by atoms with Gasteiger partial charge in [-0.25, -0.2) is 4.98 Å². The number of hydrogen-bond donors (Lipinski definition) is 0. The number of carbonyl (C=O) groups excluding carboxylic acids is 1. The van der Waals surface area contributed by atoms with E-state index in [1.807, 2.05) is 54.3 Å². The minimum atomic E-state index is -0.0255. The molecular weight excluding hydrogens is 286 g/mol. The van der Waals surface area contributed by atoms with Gasteiger partial charge in [-0.1, -0.05) is 30.3 Å². The van der Waals surface area contributed by atoms with Crippen molar-refractivity contribution in [1.82, 2.24) is 9.88 Å². The lowest BCUT2D eigenvalue weighted by Crippen LogP contribution is -2.31. The van der Waals surface area contributed by atoms with E-state index in [9.17, 15) is 4.79 Å². The number of carbonyl (C=O) groups is 1. The quantitative estimate of drug-likeness (QED) is 0.784. The van der Waals surface area contributed by atoms with Crippen LogP contribution in [0.5, 0.6) is 0 Å². The van der Waals surface area contributed by atoms with E-state index in [2.05, 4.69) is 23.7 Å². The topological polar surface area (TPSA) is 36.4 Å². The van der Waals surface area contributed by atoms with Gasteiger partial charge in [0.2, 0.25) is 0 Å². The largest absolute Gasteiger partial charge is 0.371 e. The summed E-state index contributed by atoms with van der Waals surface area (Å²) in [6.07, 6.45) is 1.79. The molecule has 0 radical (unpaired) electrons. The third kappa shape index (κ3) is 4.31. The fourth-order valence-corrected chi connectivity index (χ4v) is 2.58. The zero-order valence-electron chi connectivity index (χ0n) is 14.2. The lowest BCUT2D eigenvalue weighted by molar-refractivity contribution is 0.0746. The molecule has 1 aromatic heterocycles. The summed E-state index contributed by atoms with van der Waals surface area (Å²) in [5.41, 5.74) is 2.68. The van der Waals surface area contributed by atoms with Gasteiger partial charge in [0.05, 0.1) is 11.9 Å². The molecule has 0 saturated heterocycles. The van der Waals surface area contributed by atoms with Crippen molar-refractivity contribution in [2.45, 2.75) is 27.3 Å². The summed E-state index contributed by atoms with van der Waals surface area (Å²) in [7, 11) is 0. The van der Waals surface area contributed by atoms with Gasteiger partial charge in [-0.3, -0.25) is 4.79 Å². The predicted molar refractivity (Wildman–Crippen MR) is 94.7 cm³/mol. The van der Waals surface area contributed by atoms with Crippen molar-refractivity contribution >= 4 is 11.6 Å². The number of rotatable bonds is 7. The van der Waals surface area contributed by atoms with E-state index in [0.717, 1.165) is 24.3 Å². The summed E-state index contributed by atoms with van der Waals surface area (Å²) in [4.78, 5) is 21.0. The Morgan fingerprint density at radius 3 is 2.17 bits per heavy atom. The molecule has 4 nitrogen and oxygen atoms in total. The average molecular weight is 311 g/mol. The first kappa shape index (κ1) is 17.0. The van der Waals surface area contributed by atoms with Crippen LogP contribution in [0.25, 0.3) is 0 Å². The molecule has 1 aromatic carbocycles. The van der Waals surface area contributed by atoms with Crippen molar-refractivity contribution in [2.24, 2.45) is 0 Å². The zero-order valence-corrected chi connectivity index (χ0v) is 14.2. The average Bonchev–Trinajstić information content (AvgIpc) is 2.61. The van der Waals surface area contributed by atoms with Crippen molar-refractivity contribution in [3.05, 3.63) is 59.9 Å². The highest BCUT2D eigenvalue weighted by Gasteiger charge is 2.16. The van der Waals surface area contributed by atoms with Crippen LogP contribution in [0.1, 0.15) is 36.8 Å². The normalized spacial score (nSPS) is 10.4. The number of anilines is 1. The molecule has 0 unspecified atom stereocenters. The highest BCUT2D eigenvalue weighted by Crippen LogP contribution is 2.14. The van der Waals surface area contributed by atoms with Crippen LogP contribution in [0.3, 0.4) is 0 Å². The first-order valence-corrected chi connectivity index (χ1v) is 8.23. The number of nitrogens with zero attached hydrogens (tertiary/aromatic N) is 3. The van der Waals surface area contributed by atoms with Crippen LogP contribution in [-0.4, -0.2) is 35.4 Å². The molecular formula is C19H25N3O. The monoisotopic (exact) mass is 311 g/mol. The SMILES string of the molecule is CCN(Cc1ccccc1)C(=O)c1ccc(N(CC)CC)cn1. The molecule has 1 amide bonds.